The zero-order valence-corrected chi connectivity index (χ0v) is 14.1. The third kappa shape index (κ3) is 3.51. The van der Waals surface area contributed by atoms with Gasteiger partial charge in [0.15, 0.2) is 11.7 Å². The van der Waals surface area contributed by atoms with Crippen LogP contribution >= 0.6 is 11.6 Å². The van der Waals surface area contributed by atoms with E-state index in [1.807, 2.05) is 0 Å². The summed E-state index contributed by atoms with van der Waals surface area (Å²) in [6, 6.07) is 12.0. The molecule has 25 heavy (non-hydrogen) atoms. The highest BCUT2D eigenvalue weighted by Crippen LogP contribution is 2.34. The van der Waals surface area contributed by atoms with Gasteiger partial charge in [-0.25, -0.2) is 0 Å². The highest BCUT2D eigenvalue weighted by Gasteiger charge is 2.15. The number of hydrogen-bond acceptors (Lipinski definition) is 4. The zero-order valence-electron chi connectivity index (χ0n) is 13.3. The highest BCUT2D eigenvalue weighted by molar-refractivity contribution is 6.36. The summed E-state index contributed by atoms with van der Waals surface area (Å²) in [6.07, 6.45) is 0. The van der Waals surface area contributed by atoms with E-state index in [1.54, 1.807) is 42.5 Å². The maximum absolute atomic E-state index is 12.2. The van der Waals surface area contributed by atoms with E-state index in [1.165, 1.54) is 7.05 Å². The molecule has 2 aromatic carbocycles. The predicted molar refractivity (Wildman–Crippen MR) is 99.2 cm³/mol. The number of nitrogens with two attached hydrogens (primary N) is 2. The number of guanidine groups is 1. The van der Waals surface area contributed by atoms with E-state index in [4.69, 9.17) is 27.8 Å². The van der Waals surface area contributed by atoms with Crippen LogP contribution in [0.4, 0.5) is 5.69 Å². The van der Waals surface area contributed by atoms with Gasteiger partial charge in [-0.05, 0) is 42.5 Å². The zero-order chi connectivity index (χ0) is 18.0. The fraction of sp³-hybridized carbons (Fsp3) is 0.0588. The van der Waals surface area contributed by atoms with Crippen molar-refractivity contribution in [3.8, 4) is 11.5 Å². The maximum atomic E-state index is 12.2. The molecule has 0 radical (unpaired) electrons. The second kappa shape index (κ2) is 6.74. The molecule has 0 spiro atoms. The number of ether oxygens (including phenoxy) is 1. The smallest absolute Gasteiger partial charge is 0.274 e. The molecule has 7 nitrogen and oxygen atoms in total. The minimum atomic E-state index is -0.422. The normalized spacial score (nSPS) is 11.5. The molecule has 0 unspecified atom stereocenters. The Labute approximate surface area is 148 Å². The number of carbonyl (C=O) groups is 1. The van der Waals surface area contributed by atoms with Gasteiger partial charge in [-0.2, -0.15) is 0 Å². The third-order valence-corrected chi connectivity index (χ3v) is 3.87. The first-order valence-corrected chi connectivity index (χ1v) is 7.74. The number of amides is 1. The first-order chi connectivity index (χ1) is 12.0. The third-order valence-electron chi connectivity index (χ3n) is 3.54. The van der Waals surface area contributed by atoms with Crippen molar-refractivity contribution >= 4 is 40.1 Å². The van der Waals surface area contributed by atoms with E-state index < -0.39 is 5.91 Å². The fourth-order valence-electron chi connectivity index (χ4n) is 2.27. The second-order valence-corrected chi connectivity index (χ2v) is 5.66. The summed E-state index contributed by atoms with van der Waals surface area (Å²) in [4.78, 5) is 18.9. The van der Waals surface area contributed by atoms with E-state index in [9.17, 15) is 4.79 Å². The number of halogens is 1. The average Bonchev–Trinajstić information content (AvgIpc) is 3.06. The lowest BCUT2D eigenvalue weighted by atomic mass is 10.2. The molecule has 1 heterocycles. The summed E-state index contributed by atoms with van der Waals surface area (Å²) >= 11 is 6.23. The number of rotatable bonds is 3. The molecule has 0 bridgehead atoms. The number of H-pyrrole nitrogens is 1. The van der Waals surface area contributed by atoms with Gasteiger partial charge in [0.25, 0.3) is 5.91 Å². The molecule has 1 amide bonds. The summed E-state index contributed by atoms with van der Waals surface area (Å²) in [5.74, 6) is 0.739. The molecule has 3 aromatic rings. The Balaban J connectivity index is 1.98. The van der Waals surface area contributed by atoms with E-state index in [2.05, 4.69) is 15.3 Å². The van der Waals surface area contributed by atoms with Crippen molar-refractivity contribution in [1.82, 2.24) is 10.3 Å². The first-order valence-electron chi connectivity index (χ1n) is 7.36. The van der Waals surface area contributed by atoms with Crippen LogP contribution in [0.25, 0.3) is 10.9 Å². The van der Waals surface area contributed by atoms with Crippen molar-refractivity contribution in [2.75, 3.05) is 12.8 Å². The Morgan fingerprint density at radius 2 is 1.96 bits per heavy atom. The molecule has 1 aromatic heterocycles. The molecule has 8 heteroatoms. The Kier molecular flexibility index (Phi) is 4.49. The highest BCUT2D eigenvalue weighted by atomic mass is 35.5. The number of nitrogens with one attached hydrogen (secondary N) is 2. The van der Waals surface area contributed by atoms with Crippen molar-refractivity contribution in [2.45, 2.75) is 0 Å². The Morgan fingerprint density at radius 1 is 1.24 bits per heavy atom. The molecular weight excluding hydrogens is 342 g/mol. The number of fused-ring (bicyclic) bond motifs is 1. The van der Waals surface area contributed by atoms with Crippen molar-refractivity contribution < 1.29 is 9.53 Å². The minimum absolute atomic E-state index is 0.0214. The SMILES string of the molecule is CN=C(N)NC(=O)c1cc2c(Cl)ccc(Oc3ccc(N)cc3)c2[nH]1. The second-order valence-electron chi connectivity index (χ2n) is 5.25. The number of aliphatic imine (C=N–C) groups is 1. The van der Waals surface area contributed by atoms with Crippen LogP contribution in [-0.2, 0) is 0 Å². The number of nitrogen functional groups attached to an aromatic ring is 1. The minimum Gasteiger partial charge on any atom is -0.455 e. The lowest BCUT2D eigenvalue weighted by molar-refractivity contribution is 0.0972. The number of aromatic amines is 1. The van der Waals surface area contributed by atoms with Gasteiger partial charge in [0.1, 0.15) is 11.4 Å². The molecule has 3 rings (SSSR count). The molecule has 128 valence electrons. The van der Waals surface area contributed by atoms with Crippen LogP contribution in [0, 0.1) is 0 Å². The van der Waals surface area contributed by atoms with Gasteiger partial charge >= 0.3 is 0 Å². The van der Waals surface area contributed by atoms with Crippen LogP contribution in [0.2, 0.25) is 5.02 Å². The molecule has 0 saturated carbocycles. The topological polar surface area (TPSA) is 119 Å². The van der Waals surface area contributed by atoms with Gasteiger partial charge in [-0.15, -0.1) is 0 Å². The van der Waals surface area contributed by atoms with Gasteiger partial charge in [-0.3, -0.25) is 15.1 Å². The molecular formula is C17H16ClN5O2. The molecule has 0 atom stereocenters. The number of anilines is 1. The van der Waals surface area contributed by atoms with Gasteiger partial charge in [-0.1, -0.05) is 11.6 Å². The van der Waals surface area contributed by atoms with Crippen LogP contribution in [-0.4, -0.2) is 23.9 Å². The Hall–Kier alpha value is -3.19. The number of benzene rings is 2. The molecule has 0 fully saturated rings. The van der Waals surface area contributed by atoms with Crippen molar-refractivity contribution in [3.63, 3.8) is 0 Å². The number of nitrogens with zero attached hydrogens (tertiary/aromatic N) is 1. The van der Waals surface area contributed by atoms with E-state index >= 15 is 0 Å². The number of hydrogen-bond donors (Lipinski definition) is 4. The lowest BCUT2D eigenvalue weighted by Crippen LogP contribution is -2.36. The van der Waals surface area contributed by atoms with Crippen LogP contribution in [0.15, 0.2) is 47.5 Å². The standard InChI is InChI=1S/C17H16ClN5O2/c1-21-17(20)23-16(24)13-8-11-12(18)6-7-14(15(11)22-13)25-10-4-2-9(19)3-5-10/h2-8,22H,19H2,1H3,(H3,20,21,23,24). The first kappa shape index (κ1) is 16.7. The summed E-state index contributed by atoms with van der Waals surface area (Å²) in [5.41, 5.74) is 12.7. The molecule has 0 aliphatic carbocycles. The average molecular weight is 358 g/mol. The van der Waals surface area contributed by atoms with Crippen molar-refractivity contribution in [1.29, 1.82) is 0 Å². The molecule has 6 N–H and O–H groups in total. The summed E-state index contributed by atoms with van der Waals surface area (Å²) < 4.78 is 5.87. The van der Waals surface area contributed by atoms with E-state index in [-0.39, 0.29) is 11.7 Å². The van der Waals surface area contributed by atoms with Gasteiger partial charge in [0.05, 0.1) is 10.5 Å². The predicted octanol–water partition coefficient (Wildman–Crippen LogP) is 2.87. The van der Waals surface area contributed by atoms with Crippen LogP contribution in [0.1, 0.15) is 10.5 Å². The molecule has 0 saturated heterocycles. The monoisotopic (exact) mass is 357 g/mol. The molecule has 0 aliphatic rings. The van der Waals surface area contributed by atoms with Gasteiger partial charge < -0.3 is 21.2 Å². The van der Waals surface area contributed by atoms with Crippen molar-refractivity contribution in [2.24, 2.45) is 10.7 Å². The molecule has 0 aliphatic heterocycles. The fourth-order valence-corrected chi connectivity index (χ4v) is 2.48. The number of aromatic nitrogens is 1. The summed E-state index contributed by atoms with van der Waals surface area (Å²) in [6.45, 7) is 0. The lowest BCUT2D eigenvalue weighted by Gasteiger charge is -2.08. The maximum Gasteiger partial charge on any atom is 0.274 e. The van der Waals surface area contributed by atoms with E-state index in [0.717, 1.165) is 0 Å². The Morgan fingerprint density at radius 3 is 2.64 bits per heavy atom. The van der Waals surface area contributed by atoms with Crippen LogP contribution in [0.5, 0.6) is 11.5 Å². The van der Waals surface area contributed by atoms with Gasteiger partial charge in [0.2, 0.25) is 0 Å². The van der Waals surface area contributed by atoms with Crippen LogP contribution < -0.4 is 21.5 Å². The summed E-state index contributed by atoms with van der Waals surface area (Å²) in [7, 11) is 1.48. The summed E-state index contributed by atoms with van der Waals surface area (Å²) in [5, 5.41) is 3.61. The largest absolute Gasteiger partial charge is 0.455 e. The van der Waals surface area contributed by atoms with E-state index in [0.29, 0.717) is 33.1 Å². The quantitative estimate of drug-likeness (QED) is 0.327. The van der Waals surface area contributed by atoms with Gasteiger partial charge in [0, 0.05) is 18.1 Å². The Bertz CT molecular complexity index is 963. The number of carbonyl (C=O) groups excluding carboxylic acids is 1. The van der Waals surface area contributed by atoms with Crippen molar-refractivity contribution in [3.05, 3.63) is 53.2 Å². The van der Waals surface area contributed by atoms with Crippen LogP contribution in [0.3, 0.4) is 0 Å².